The Morgan fingerprint density at radius 1 is 1.00 bits per heavy atom. The Morgan fingerprint density at radius 3 is 2.41 bits per heavy atom. The van der Waals surface area contributed by atoms with E-state index < -0.39 is 11.8 Å². The molecule has 0 aliphatic carbocycles. The monoisotopic (exact) mass is 405 g/mol. The number of hydrogen-bond acceptors (Lipinski definition) is 3. The second kappa shape index (κ2) is 8.19. The third-order valence-corrected chi connectivity index (χ3v) is 5.42. The number of benzene rings is 2. The topological polar surface area (TPSA) is 52.7 Å². The number of amides is 2. The number of piperazine rings is 1. The van der Waals surface area contributed by atoms with Gasteiger partial charge in [-0.2, -0.15) is 0 Å². The summed E-state index contributed by atoms with van der Waals surface area (Å²) in [6.45, 7) is 6.53. The molecule has 0 spiro atoms. The summed E-state index contributed by atoms with van der Waals surface area (Å²) in [6.07, 6.45) is 0. The number of rotatable bonds is 2. The van der Waals surface area contributed by atoms with Gasteiger partial charge in [-0.1, -0.05) is 35.3 Å². The predicted octanol–water partition coefficient (Wildman–Crippen LogP) is 3.90. The van der Waals surface area contributed by atoms with Crippen LogP contribution in [0.3, 0.4) is 0 Å². The second-order valence-corrected chi connectivity index (χ2v) is 7.42. The first kappa shape index (κ1) is 19.5. The third kappa shape index (κ3) is 4.37. The molecular formula is C20H21Cl2N3O2. The van der Waals surface area contributed by atoms with E-state index in [0.29, 0.717) is 41.9 Å². The Kier molecular flexibility index (Phi) is 5.92. The van der Waals surface area contributed by atoms with Crippen LogP contribution in [-0.2, 0) is 9.59 Å². The quantitative estimate of drug-likeness (QED) is 0.770. The Morgan fingerprint density at radius 2 is 1.70 bits per heavy atom. The first-order valence-electron chi connectivity index (χ1n) is 8.73. The van der Waals surface area contributed by atoms with Crippen molar-refractivity contribution in [2.75, 3.05) is 36.4 Å². The van der Waals surface area contributed by atoms with E-state index in [2.05, 4.69) is 36.2 Å². The highest BCUT2D eigenvalue weighted by atomic mass is 35.5. The molecule has 1 N–H and O–H groups in total. The number of anilines is 2. The van der Waals surface area contributed by atoms with Gasteiger partial charge in [-0.25, -0.2) is 0 Å². The molecule has 2 aromatic rings. The average Bonchev–Trinajstić information content (AvgIpc) is 2.66. The van der Waals surface area contributed by atoms with Gasteiger partial charge in [0.05, 0.1) is 10.7 Å². The number of carbonyl (C=O) groups is 2. The van der Waals surface area contributed by atoms with Gasteiger partial charge in [-0.05, 0) is 49.2 Å². The van der Waals surface area contributed by atoms with Gasteiger partial charge in [0.15, 0.2) is 0 Å². The number of carbonyl (C=O) groups excluding carboxylic acids is 2. The number of aryl methyl sites for hydroxylation is 1. The molecule has 0 bridgehead atoms. The molecule has 2 amide bonds. The van der Waals surface area contributed by atoms with E-state index in [1.165, 1.54) is 22.9 Å². The van der Waals surface area contributed by atoms with Gasteiger partial charge in [0.1, 0.15) is 0 Å². The largest absolute Gasteiger partial charge is 0.368 e. The zero-order valence-corrected chi connectivity index (χ0v) is 16.8. The van der Waals surface area contributed by atoms with Crippen molar-refractivity contribution in [1.29, 1.82) is 0 Å². The minimum absolute atomic E-state index is 0.330. The van der Waals surface area contributed by atoms with Crippen molar-refractivity contribution in [2.24, 2.45) is 0 Å². The van der Waals surface area contributed by atoms with Gasteiger partial charge in [0.25, 0.3) is 0 Å². The summed E-state index contributed by atoms with van der Waals surface area (Å²) in [5.41, 5.74) is 3.99. The smallest absolute Gasteiger partial charge is 0.313 e. The molecule has 0 atom stereocenters. The van der Waals surface area contributed by atoms with Crippen LogP contribution in [0.2, 0.25) is 10.0 Å². The lowest BCUT2D eigenvalue weighted by atomic mass is 10.1. The molecule has 0 aromatic heterocycles. The highest BCUT2D eigenvalue weighted by Gasteiger charge is 2.27. The van der Waals surface area contributed by atoms with Crippen molar-refractivity contribution in [3.8, 4) is 0 Å². The Balaban J connectivity index is 1.62. The zero-order chi connectivity index (χ0) is 19.6. The van der Waals surface area contributed by atoms with Crippen molar-refractivity contribution >= 4 is 46.4 Å². The van der Waals surface area contributed by atoms with Crippen LogP contribution >= 0.6 is 23.2 Å². The van der Waals surface area contributed by atoms with Crippen LogP contribution < -0.4 is 10.2 Å². The van der Waals surface area contributed by atoms with Crippen LogP contribution in [0.5, 0.6) is 0 Å². The molecule has 1 heterocycles. The number of nitrogens with one attached hydrogen (secondary N) is 1. The molecule has 3 rings (SSSR count). The maximum atomic E-state index is 12.5. The molecule has 1 fully saturated rings. The van der Waals surface area contributed by atoms with Crippen LogP contribution in [0.25, 0.3) is 0 Å². The predicted molar refractivity (Wildman–Crippen MR) is 110 cm³/mol. The minimum Gasteiger partial charge on any atom is -0.368 e. The van der Waals surface area contributed by atoms with E-state index >= 15 is 0 Å². The molecule has 0 radical (unpaired) electrons. The van der Waals surface area contributed by atoms with Crippen LogP contribution in [0.4, 0.5) is 11.4 Å². The lowest BCUT2D eigenvalue weighted by Crippen LogP contribution is -2.51. The van der Waals surface area contributed by atoms with E-state index in [0.717, 1.165) is 0 Å². The highest BCUT2D eigenvalue weighted by Crippen LogP contribution is 2.26. The zero-order valence-electron chi connectivity index (χ0n) is 15.3. The summed E-state index contributed by atoms with van der Waals surface area (Å²) in [4.78, 5) is 28.6. The molecule has 1 saturated heterocycles. The molecule has 1 aliphatic rings. The van der Waals surface area contributed by atoms with E-state index in [-0.39, 0.29) is 0 Å². The van der Waals surface area contributed by atoms with Gasteiger partial charge in [0, 0.05) is 36.9 Å². The van der Waals surface area contributed by atoms with Gasteiger partial charge in [0.2, 0.25) is 0 Å². The normalized spacial score (nSPS) is 14.2. The third-order valence-electron chi connectivity index (χ3n) is 4.85. The van der Waals surface area contributed by atoms with Gasteiger partial charge in [-0.15, -0.1) is 0 Å². The van der Waals surface area contributed by atoms with Crippen LogP contribution in [0, 0.1) is 13.8 Å². The summed E-state index contributed by atoms with van der Waals surface area (Å²) in [5.74, 6) is -1.27. The molecule has 7 heteroatoms. The fourth-order valence-electron chi connectivity index (χ4n) is 3.14. The Bertz CT molecular complexity index is 878. The van der Waals surface area contributed by atoms with E-state index in [4.69, 9.17) is 23.2 Å². The van der Waals surface area contributed by atoms with Crippen molar-refractivity contribution in [1.82, 2.24) is 4.90 Å². The first-order valence-corrected chi connectivity index (χ1v) is 9.49. The molecule has 5 nitrogen and oxygen atoms in total. The van der Waals surface area contributed by atoms with Crippen LogP contribution in [-0.4, -0.2) is 42.9 Å². The highest BCUT2D eigenvalue weighted by molar-refractivity contribution is 6.42. The summed E-state index contributed by atoms with van der Waals surface area (Å²) in [6, 6.07) is 10.9. The summed E-state index contributed by atoms with van der Waals surface area (Å²) in [5, 5.41) is 3.32. The fraction of sp³-hybridized carbons (Fsp3) is 0.300. The van der Waals surface area contributed by atoms with E-state index in [9.17, 15) is 9.59 Å². The van der Waals surface area contributed by atoms with Gasteiger partial charge in [-0.3, -0.25) is 9.59 Å². The molecular weight excluding hydrogens is 385 g/mol. The Hall–Kier alpha value is -2.24. The fourth-order valence-corrected chi connectivity index (χ4v) is 3.48. The average molecular weight is 406 g/mol. The van der Waals surface area contributed by atoms with Crippen LogP contribution in [0.1, 0.15) is 11.1 Å². The molecule has 27 heavy (non-hydrogen) atoms. The SMILES string of the molecule is Cc1cccc(N2CCN(C(=O)C(=O)Nc3cc(Cl)ccc3Cl)CC2)c1C. The standard InChI is InChI=1S/C20H21Cl2N3O2/c1-13-4-3-5-18(14(13)2)24-8-10-25(11-9-24)20(27)19(26)23-17-12-15(21)6-7-16(17)22/h3-7,12H,8-11H2,1-2H3,(H,23,26). The minimum atomic E-state index is -0.709. The lowest BCUT2D eigenvalue weighted by Gasteiger charge is -2.36. The van der Waals surface area contributed by atoms with E-state index in [1.807, 2.05) is 6.07 Å². The molecule has 0 saturated carbocycles. The summed E-state index contributed by atoms with van der Waals surface area (Å²) < 4.78 is 0. The Labute approximate surface area is 168 Å². The van der Waals surface area contributed by atoms with E-state index in [1.54, 1.807) is 17.0 Å². The number of halogens is 2. The van der Waals surface area contributed by atoms with Gasteiger partial charge >= 0.3 is 11.8 Å². The first-order chi connectivity index (χ1) is 12.9. The summed E-state index contributed by atoms with van der Waals surface area (Å²) in [7, 11) is 0. The molecule has 1 aliphatic heterocycles. The van der Waals surface area contributed by atoms with Crippen molar-refractivity contribution in [3.63, 3.8) is 0 Å². The van der Waals surface area contributed by atoms with Gasteiger partial charge < -0.3 is 15.1 Å². The van der Waals surface area contributed by atoms with Crippen molar-refractivity contribution in [2.45, 2.75) is 13.8 Å². The van der Waals surface area contributed by atoms with Crippen molar-refractivity contribution in [3.05, 3.63) is 57.6 Å². The van der Waals surface area contributed by atoms with Crippen molar-refractivity contribution < 1.29 is 9.59 Å². The molecule has 142 valence electrons. The molecule has 2 aromatic carbocycles. The number of nitrogens with zero attached hydrogens (tertiary/aromatic N) is 2. The summed E-state index contributed by atoms with van der Waals surface area (Å²) >= 11 is 12.0. The maximum absolute atomic E-state index is 12.5. The second-order valence-electron chi connectivity index (χ2n) is 6.58. The number of hydrogen-bond donors (Lipinski definition) is 1. The van der Waals surface area contributed by atoms with Crippen LogP contribution in [0.15, 0.2) is 36.4 Å². The lowest BCUT2D eigenvalue weighted by molar-refractivity contribution is -0.143. The molecule has 0 unspecified atom stereocenters. The maximum Gasteiger partial charge on any atom is 0.313 e.